The van der Waals surface area contributed by atoms with Crippen molar-refractivity contribution in [2.45, 2.75) is 20.4 Å². The lowest BCUT2D eigenvalue weighted by atomic mass is 10.1. The van der Waals surface area contributed by atoms with Gasteiger partial charge in [-0.15, -0.1) is 0 Å². The van der Waals surface area contributed by atoms with Crippen LogP contribution in [0, 0.1) is 13.8 Å². The maximum absolute atomic E-state index is 12.2. The van der Waals surface area contributed by atoms with Crippen molar-refractivity contribution in [2.24, 2.45) is 5.73 Å². The van der Waals surface area contributed by atoms with E-state index in [2.05, 4.69) is 10.3 Å². The number of aryl methyl sites for hydroxylation is 2. The fraction of sp³-hybridized carbons (Fsp3) is 0.200. The zero-order valence-corrected chi connectivity index (χ0v) is 11.1. The van der Waals surface area contributed by atoms with Crippen molar-refractivity contribution < 1.29 is 4.79 Å². The molecule has 1 amide bonds. The molecule has 0 atom stereocenters. The first-order valence-electron chi connectivity index (χ1n) is 6.14. The highest BCUT2D eigenvalue weighted by atomic mass is 16.1. The first kappa shape index (κ1) is 13.2. The summed E-state index contributed by atoms with van der Waals surface area (Å²) in [6.45, 7) is 4.32. The number of carbonyl (C=O) groups is 1. The molecule has 4 heteroatoms. The molecule has 2 aromatic rings. The molecule has 0 aliphatic carbocycles. The van der Waals surface area contributed by atoms with E-state index < -0.39 is 0 Å². The fourth-order valence-corrected chi connectivity index (χ4v) is 1.78. The molecule has 0 fully saturated rings. The summed E-state index contributed by atoms with van der Waals surface area (Å²) < 4.78 is 0. The number of hydrogen-bond donors (Lipinski definition) is 2. The third-order valence-electron chi connectivity index (χ3n) is 2.94. The van der Waals surface area contributed by atoms with Crippen molar-refractivity contribution in [1.82, 2.24) is 4.98 Å². The highest BCUT2D eigenvalue weighted by Gasteiger charge is 2.09. The average molecular weight is 255 g/mol. The SMILES string of the molecule is Cc1ccc(C)c(C(=O)Nc2ccc(CN)cn2)c1. The van der Waals surface area contributed by atoms with E-state index in [-0.39, 0.29) is 5.91 Å². The molecule has 0 radical (unpaired) electrons. The molecule has 3 N–H and O–H groups in total. The third kappa shape index (κ3) is 3.17. The van der Waals surface area contributed by atoms with Crippen LogP contribution in [-0.4, -0.2) is 10.9 Å². The Kier molecular flexibility index (Phi) is 3.92. The largest absolute Gasteiger partial charge is 0.326 e. The summed E-state index contributed by atoms with van der Waals surface area (Å²) in [7, 11) is 0. The molecular weight excluding hydrogens is 238 g/mol. The van der Waals surface area contributed by atoms with Crippen LogP contribution in [0.2, 0.25) is 0 Å². The average Bonchev–Trinajstić information content (AvgIpc) is 2.42. The van der Waals surface area contributed by atoms with Crippen LogP contribution in [0.5, 0.6) is 0 Å². The van der Waals surface area contributed by atoms with Gasteiger partial charge in [-0.2, -0.15) is 0 Å². The van der Waals surface area contributed by atoms with Gasteiger partial charge in [0.2, 0.25) is 0 Å². The number of nitrogens with one attached hydrogen (secondary N) is 1. The number of amides is 1. The maximum atomic E-state index is 12.2. The predicted octanol–water partition coefficient (Wildman–Crippen LogP) is 2.41. The zero-order chi connectivity index (χ0) is 13.8. The van der Waals surface area contributed by atoms with E-state index in [4.69, 9.17) is 5.73 Å². The van der Waals surface area contributed by atoms with Gasteiger partial charge >= 0.3 is 0 Å². The second kappa shape index (κ2) is 5.63. The minimum Gasteiger partial charge on any atom is -0.326 e. The molecule has 0 bridgehead atoms. The Morgan fingerprint density at radius 1 is 1.26 bits per heavy atom. The van der Waals surface area contributed by atoms with Crippen molar-refractivity contribution in [3.63, 3.8) is 0 Å². The van der Waals surface area contributed by atoms with Gasteiger partial charge in [-0.3, -0.25) is 4.79 Å². The molecule has 1 aromatic heterocycles. The molecular formula is C15H17N3O. The second-order valence-corrected chi connectivity index (χ2v) is 4.53. The summed E-state index contributed by atoms with van der Waals surface area (Å²) in [5.41, 5.74) is 9.11. The summed E-state index contributed by atoms with van der Waals surface area (Å²) in [5, 5.41) is 2.79. The molecule has 19 heavy (non-hydrogen) atoms. The smallest absolute Gasteiger partial charge is 0.257 e. The van der Waals surface area contributed by atoms with Crippen molar-refractivity contribution in [3.05, 3.63) is 58.8 Å². The lowest BCUT2D eigenvalue weighted by Gasteiger charge is -2.08. The Hall–Kier alpha value is -2.20. The Balaban J connectivity index is 2.18. The minimum atomic E-state index is -0.144. The van der Waals surface area contributed by atoms with Crippen LogP contribution >= 0.6 is 0 Å². The molecule has 98 valence electrons. The van der Waals surface area contributed by atoms with Gasteiger partial charge in [-0.1, -0.05) is 23.8 Å². The van der Waals surface area contributed by atoms with E-state index in [0.29, 0.717) is 17.9 Å². The number of rotatable bonds is 3. The molecule has 0 unspecified atom stereocenters. The molecule has 0 spiro atoms. The van der Waals surface area contributed by atoms with Crippen LogP contribution in [0.15, 0.2) is 36.5 Å². The van der Waals surface area contributed by atoms with Gasteiger partial charge < -0.3 is 11.1 Å². The van der Waals surface area contributed by atoms with Crippen LogP contribution < -0.4 is 11.1 Å². The topological polar surface area (TPSA) is 68.0 Å². The van der Waals surface area contributed by atoms with Crippen LogP contribution in [0.4, 0.5) is 5.82 Å². The molecule has 1 aromatic carbocycles. The van der Waals surface area contributed by atoms with Gasteiger partial charge in [0, 0.05) is 18.3 Å². The number of aromatic nitrogens is 1. The van der Waals surface area contributed by atoms with E-state index >= 15 is 0 Å². The molecule has 0 saturated heterocycles. The highest BCUT2D eigenvalue weighted by molar-refractivity contribution is 6.04. The molecule has 4 nitrogen and oxygen atoms in total. The Morgan fingerprint density at radius 2 is 2.05 bits per heavy atom. The first-order chi connectivity index (χ1) is 9.10. The first-order valence-corrected chi connectivity index (χ1v) is 6.14. The van der Waals surface area contributed by atoms with Crippen molar-refractivity contribution in [3.8, 4) is 0 Å². The van der Waals surface area contributed by atoms with Gasteiger partial charge in [0.25, 0.3) is 5.91 Å². The van der Waals surface area contributed by atoms with Gasteiger partial charge in [0.05, 0.1) is 0 Å². The maximum Gasteiger partial charge on any atom is 0.257 e. The number of benzene rings is 1. The van der Waals surface area contributed by atoms with E-state index in [1.165, 1.54) is 0 Å². The lowest BCUT2D eigenvalue weighted by molar-refractivity contribution is 0.102. The molecule has 0 aliphatic heterocycles. The second-order valence-electron chi connectivity index (χ2n) is 4.53. The van der Waals surface area contributed by atoms with Gasteiger partial charge in [-0.05, 0) is 37.1 Å². The predicted molar refractivity (Wildman–Crippen MR) is 76.0 cm³/mol. The quantitative estimate of drug-likeness (QED) is 0.885. The highest BCUT2D eigenvalue weighted by Crippen LogP contribution is 2.13. The van der Waals surface area contributed by atoms with Crippen molar-refractivity contribution in [2.75, 3.05) is 5.32 Å². The number of nitrogens with two attached hydrogens (primary N) is 1. The molecule has 2 rings (SSSR count). The Bertz CT molecular complexity index is 591. The zero-order valence-electron chi connectivity index (χ0n) is 11.1. The van der Waals surface area contributed by atoms with E-state index in [1.807, 2.05) is 38.1 Å². The van der Waals surface area contributed by atoms with Crippen LogP contribution in [0.25, 0.3) is 0 Å². The van der Waals surface area contributed by atoms with Crippen LogP contribution in [0.1, 0.15) is 27.0 Å². The molecule has 0 aliphatic rings. The van der Waals surface area contributed by atoms with Crippen molar-refractivity contribution in [1.29, 1.82) is 0 Å². The Labute approximate surface area is 112 Å². The van der Waals surface area contributed by atoms with Crippen LogP contribution in [0.3, 0.4) is 0 Å². The summed E-state index contributed by atoms with van der Waals surface area (Å²) in [6.07, 6.45) is 1.67. The number of carbonyl (C=O) groups excluding carboxylic acids is 1. The standard InChI is InChI=1S/C15H17N3O/c1-10-3-4-11(2)13(7-10)15(19)18-14-6-5-12(8-16)9-17-14/h3-7,9H,8,16H2,1-2H3,(H,17,18,19). The molecule has 1 heterocycles. The normalized spacial score (nSPS) is 10.3. The summed E-state index contributed by atoms with van der Waals surface area (Å²) in [4.78, 5) is 16.3. The summed E-state index contributed by atoms with van der Waals surface area (Å²) >= 11 is 0. The van der Waals surface area contributed by atoms with E-state index in [0.717, 1.165) is 16.7 Å². The minimum absolute atomic E-state index is 0.144. The number of pyridine rings is 1. The molecule has 0 saturated carbocycles. The van der Waals surface area contributed by atoms with Gasteiger partial charge in [-0.25, -0.2) is 4.98 Å². The van der Waals surface area contributed by atoms with E-state index in [9.17, 15) is 4.79 Å². The number of anilines is 1. The van der Waals surface area contributed by atoms with Crippen LogP contribution in [-0.2, 0) is 6.54 Å². The summed E-state index contributed by atoms with van der Waals surface area (Å²) in [5.74, 6) is 0.386. The van der Waals surface area contributed by atoms with E-state index in [1.54, 1.807) is 12.3 Å². The Morgan fingerprint density at radius 3 is 2.68 bits per heavy atom. The third-order valence-corrected chi connectivity index (χ3v) is 2.94. The summed E-state index contributed by atoms with van der Waals surface area (Å²) in [6, 6.07) is 9.41. The number of hydrogen-bond acceptors (Lipinski definition) is 3. The fourth-order valence-electron chi connectivity index (χ4n) is 1.78. The lowest BCUT2D eigenvalue weighted by Crippen LogP contribution is -2.14. The van der Waals surface area contributed by atoms with Crippen molar-refractivity contribution >= 4 is 11.7 Å². The van der Waals surface area contributed by atoms with Gasteiger partial charge in [0.15, 0.2) is 0 Å². The number of nitrogens with zero attached hydrogens (tertiary/aromatic N) is 1. The van der Waals surface area contributed by atoms with Gasteiger partial charge in [0.1, 0.15) is 5.82 Å². The monoisotopic (exact) mass is 255 g/mol.